The third-order valence-electron chi connectivity index (χ3n) is 3.72. The Morgan fingerprint density at radius 2 is 1.62 bits per heavy atom. The molecule has 3 rings (SSSR count). The van der Waals surface area contributed by atoms with E-state index in [0.717, 1.165) is 17.7 Å². The second-order valence-electron chi connectivity index (χ2n) is 5.20. The smallest absolute Gasteiger partial charge is 0.108 e. The van der Waals surface area contributed by atoms with Crippen LogP contribution in [-0.2, 0) is 5.54 Å². The van der Waals surface area contributed by atoms with Crippen molar-refractivity contribution in [1.29, 1.82) is 0 Å². The van der Waals surface area contributed by atoms with Crippen molar-refractivity contribution in [2.75, 3.05) is 0 Å². The molecule has 2 aromatic carbocycles. The summed E-state index contributed by atoms with van der Waals surface area (Å²) in [4.78, 5) is 4.88. The van der Waals surface area contributed by atoms with Crippen molar-refractivity contribution in [2.45, 2.75) is 12.0 Å². The highest BCUT2D eigenvalue weighted by molar-refractivity contribution is 5.80. The molecule has 1 atom stereocenters. The summed E-state index contributed by atoms with van der Waals surface area (Å²) in [5.74, 6) is 0. The lowest BCUT2D eigenvalue weighted by atomic mass is 9.84. The van der Waals surface area contributed by atoms with E-state index in [0.29, 0.717) is 0 Å². The molecule has 0 saturated heterocycles. The molecule has 0 heterocycles. The van der Waals surface area contributed by atoms with Crippen LogP contribution in [0.25, 0.3) is 0 Å². The molecule has 2 aromatic rings. The SMILES string of the molecule is NC1=CCC(N=Cc2ccccc2)(c2ccccc2)C=C1. The quantitative estimate of drug-likeness (QED) is 0.849. The highest BCUT2D eigenvalue weighted by Crippen LogP contribution is 2.34. The molecule has 0 amide bonds. The number of hydrogen-bond acceptors (Lipinski definition) is 2. The van der Waals surface area contributed by atoms with E-state index in [4.69, 9.17) is 10.7 Å². The molecule has 0 spiro atoms. The molecule has 0 saturated carbocycles. The zero-order chi connectivity index (χ0) is 14.5. The van der Waals surface area contributed by atoms with Gasteiger partial charge in [-0.1, -0.05) is 72.8 Å². The molecule has 0 fully saturated rings. The average Bonchev–Trinajstić information content (AvgIpc) is 2.57. The first-order valence-corrected chi connectivity index (χ1v) is 7.09. The number of rotatable bonds is 3. The lowest BCUT2D eigenvalue weighted by molar-refractivity contribution is 0.568. The minimum absolute atomic E-state index is 0.361. The molecule has 0 radical (unpaired) electrons. The third kappa shape index (κ3) is 2.95. The van der Waals surface area contributed by atoms with Gasteiger partial charge in [0.25, 0.3) is 0 Å². The molecule has 21 heavy (non-hydrogen) atoms. The Labute approximate surface area is 125 Å². The molecular weight excluding hydrogens is 256 g/mol. The second kappa shape index (κ2) is 5.80. The first-order valence-electron chi connectivity index (χ1n) is 7.09. The fourth-order valence-corrected chi connectivity index (χ4v) is 2.48. The number of benzene rings is 2. The topological polar surface area (TPSA) is 38.4 Å². The minimum Gasteiger partial charge on any atom is -0.399 e. The van der Waals surface area contributed by atoms with Crippen LogP contribution in [0.15, 0.2) is 89.6 Å². The van der Waals surface area contributed by atoms with Crippen molar-refractivity contribution < 1.29 is 0 Å². The highest BCUT2D eigenvalue weighted by Gasteiger charge is 2.28. The molecule has 2 N–H and O–H groups in total. The molecule has 2 heteroatoms. The van der Waals surface area contributed by atoms with Crippen LogP contribution in [0, 0.1) is 0 Å². The van der Waals surface area contributed by atoms with Gasteiger partial charge in [-0.05, 0) is 17.2 Å². The first kappa shape index (κ1) is 13.4. The van der Waals surface area contributed by atoms with Crippen LogP contribution in [0.5, 0.6) is 0 Å². The highest BCUT2D eigenvalue weighted by atomic mass is 14.9. The summed E-state index contributed by atoms with van der Waals surface area (Å²) in [6, 6.07) is 20.5. The lowest BCUT2D eigenvalue weighted by Gasteiger charge is -2.28. The minimum atomic E-state index is -0.361. The van der Waals surface area contributed by atoms with Gasteiger partial charge in [0.05, 0.1) is 0 Å². The third-order valence-corrected chi connectivity index (χ3v) is 3.72. The zero-order valence-electron chi connectivity index (χ0n) is 11.8. The van der Waals surface area contributed by atoms with E-state index in [1.165, 1.54) is 5.56 Å². The standard InChI is InChI=1S/C19H18N2/c20-18-11-13-19(14-12-18,17-9-5-2-6-10-17)21-15-16-7-3-1-4-8-16/h1-13,15H,14,20H2. The summed E-state index contributed by atoms with van der Waals surface area (Å²) in [5.41, 5.74) is 8.58. The van der Waals surface area contributed by atoms with Crippen molar-refractivity contribution >= 4 is 6.21 Å². The summed E-state index contributed by atoms with van der Waals surface area (Å²) in [6.07, 6.45) is 8.79. The summed E-state index contributed by atoms with van der Waals surface area (Å²) >= 11 is 0. The number of nitrogens with two attached hydrogens (primary N) is 1. The van der Waals surface area contributed by atoms with Gasteiger partial charge >= 0.3 is 0 Å². The number of hydrogen-bond donors (Lipinski definition) is 1. The molecule has 104 valence electrons. The summed E-state index contributed by atoms with van der Waals surface area (Å²) in [7, 11) is 0. The van der Waals surface area contributed by atoms with Crippen LogP contribution in [0.2, 0.25) is 0 Å². The van der Waals surface area contributed by atoms with Crippen molar-refractivity contribution in [2.24, 2.45) is 10.7 Å². The Hall–Kier alpha value is -2.61. The molecule has 1 aliphatic carbocycles. The molecule has 0 aliphatic heterocycles. The van der Waals surface area contributed by atoms with Gasteiger partial charge in [-0.25, -0.2) is 0 Å². The maximum Gasteiger partial charge on any atom is 0.108 e. The van der Waals surface area contributed by atoms with Crippen LogP contribution in [-0.4, -0.2) is 6.21 Å². The van der Waals surface area contributed by atoms with Gasteiger partial charge in [0.15, 0.2) is 0 Å². The average molecular weight is 274 g/mol. The summed E-state index contributed by atoms with van der Waals surface area (Å²) in [6.45, 7) is 0. The van der Waals surface area contributed by atoms with Gasteiger partial charge in [0.1, 0.15) is 5.54 Å². The lowest BCUT2D eigenvalue weighted by Crippen LogP contribution is -2.23. The van der Waals surface area contributed by atoms with E-state index in [2.05, 4.69) is 30.3 Å². The Morgan fingerprint density at radius 3 is 2.24 bits per heavy atom. The van der Waals surface area contributed by atoms with Gasteiger partial charge in [-0.15, -0.1) is 0 Å². The Bertz CT molecular complexity index is 684. The fourth-order valence-electron chi connectivity index (χ4n) is 2.48. The van der Waals surface area contributed by atoms with E-state index in [1.54, 1.807) is 0 Å². The maximum atomic E-state index is 5.86. The van der Waals surface area contributed by atoms with Gasteiger partial charge in [-0.2, -0.15) is 0 Å². The van der Waals surface area contributed by atoms with E-state index >= 15 is 0 Å². The van der Waals surface area contributed by atoms with E-state index < -0.39 is 0 Å². The van der Waals surface area contributed by atoms with Crippen LogP contribution in [0.4, 0.5) is 0 Å². The van der Waals surface area contributed by atoms with Crippen LogP contribution in [0.3, 0.4) is 0 Å². The van der Waals surface area contributed by atoms with E-state index in [9.17, 15) is 0 Å². The predicted molar refractivity (Wildman–Crippen MR) is 88.2 cm³/mol. The molecule has 2 nitrogen and oxygen atoms in total. The Balaban J connectivity index is 1.98. The number of allylic oxidation sites excluding steroid dienone is 1. The summed E-state index contributed by atoms with van der Waals surface area (Å²) < 4.78 is 0. The fraction of sp³-hybridized carbons (Fsp3) is 0.105. The van der Waals surface area contributed by atoms with Crippen LogP contribution in [0.1, 0.15) is 17.5 Å². The predicted octanol–water partition coefficient (Wildman–Crippen LogP) is 3.80. The molecule has 1 aliphatic rings. The van der Waals surface area contributed by atoms with Crippen molar-refractivity contribution in [3.05, 3.63) is 95.7 Å². The largest absolute Gasteiger partial charge is 0.399 e. The first-order chi connectivity index (χ1) is 10.3. The van der Waals surface area contributed by atoms with Crippen molar-refractivity contribution in [3.63, 3.8) is 0 Å². The van der Waals surface area contributed by atoms with E-state index in [1.807, 2.05) is 54.8 Å². The number of nitrogens with zero attached hydrogens (tertiary/aromatic N) is 1. The normalized spacial score (nSPS) is 21.4. The van der Waals surface area contributed by atoms with Gasteiger partial charge < -0.3 is 5.73 Å². The monoisotopic (exact) mass is 274 g/mol. The van der Waals surface area contributed by atoms with Gasteiger partial charge in [0.2, 0.25) is 0 Å². The van der Waals surface area contributed by atoms with Crippen molar-refractivity contribution in [1.82, 2.24) is 0 Å². The van der Waals surface area contributed by atoms with E-state index in [-0.39, 0.29) is 5.54 Å². The zero-order valence-corrected chi connectivity index (χ0v) is 11.8. The Morgan fingerprint density at radius 1 is 0.952 bits per heavy atom. The van der Waals surface area contributed by atoms with Crippen molar-refractivity contribution in [3.8, 4) is 0 Å². The Kier molecular flexibility index (Phi) is 3.69. The number of aliphatic imine (C=N–C) groups is 1. The second-order valence-corrected chi connectivity index (χ2v) is 5.20. The van der Waals surface area contributed by atoms with Crippen LogP contribution < -0.4 is 5.73 Å². The molecule has 1 unspecified atom stereocenters. The van der Waals surface area contributed by atoms with Crippen LogP contribution >= 0.6 is 0 Å². The molecular formula is C19H18N2. The summed E-state index contributed by atoms with van der Waals surface area (Å²) in [5, 5.41) is 0. The van der Waals surface area contributed by atoms with Gasteiger partial charge in [-0.3, -0.25) is 4.99 Å². The molecule has 0 aromatic heterocycles. The molecule has 0 bridgehead atoms. The van der Waals surface area contributed by atoms with Gasteiger partial charge in [0, 0.05) is 18.3 Å². The maximum absolute atomic E-state index is 5.86.